The van der Waals surface area contributed by atoms with Gasteiger partial charge >= 0.3 is 0 Å². The van der Waals surface area contributed by atoms with Gasteiger partial charge in [-0.2, -0.15) is 0 Å². The molecule has 2 saturated heterocycles. The van der Waals surface area contributed by atoms with Gasteiger partial charge in [0.15, 0.2) is 5.17 Å². The molecule has 0 amide bonds. The van der Waals surface area contributed by atoms with Crippen LogP contribution in [-0.2, 0) is 9.57 Å². The van der Waals surface area contributed by atoms with E-state index in [2.05, 4.69) is 4.99 Å². The summed E-state index contributed by atoms with van der Waals surface area (Å²) in [7, 11) is 0. The summed E-state index contributed by atoms with van der Waals surface area (Å²) in [6.07, 6.45) is -2.87. The molecule has 7 nitrogen and oxygen atoms in total. The number of hydroxylamine groups is 2. The number of aliphatic hydroxyl groups is 3. The smallest absolute Gasteiger partial charge is 0.186 e. The van der Waals surface area contributed by atoms with Crippen LogP contribution in [0.2, 0.25) is 0 Å². The lowest BCUT2D eigenvalue weighted by Gasteiger charge is -2.39. The molecule has 0 aromatic rings. The topological polar surface area (TPSA) is 94.8 Å². The summed E-state index contributed by atoms with van der Waals surface area (Å²) < 4.78 is 5.65. The standard InChI is InChI=1S/C11H18N2O5S/c1-5(14)9-8(16)7(15)6-10(18-9)19-11(12-6)13-3-2-4-17-13/h5-10,14-16H,2-4H2,1H3/t5-,6+,7+,8-,9+,10+/m0/s1. The van der Waals surface area contributed by atoms with Gasteiger partial charge in [0, 0.05) is 0 Å². The Hall–Kier alpha value is -0.380. The van der Waals surface area contributed by atoms with E-state index in [4.69, 9.17) is 9.57 Å². The van der Waals surface area contributed by atoms with Crippen LogP contribution in [0.25, 0.3) is 0 Å². The van der Waals surface area contributed by atoms with Crippen molar-refractivity contribution in [3.05, 3.63) is 0 Å². The number of thioether (sulfide) groups is 1. The SMILES string of the molecule is C[C@H](O)[C@H]1O[C@@H]2SC(N3CCCO3)=N[C@@H]2[C@@H](O)[C@@H]1O. The number of amidine groups is 1. The van der Waals surface area contributed by atoms with Crippen LogP contribution in [-0.4, -0.2) is 74.6 Å². The first kappa shape index (κ1) is 13.6. The van der Waals surface area contributed by atoms with Gasteiger partial charge in [-0.15, -0.1) is 0 Å². The van der Waals surface area contributed by atoms with Crippen molar-refractivity contribution in [1.29, 1.82) is 0 Å². The molecule has 0 unspecified atom stereocenters. The zero-order valence-electron chi connectivity index (χ0n) is 10.5. The monoisotopic (exact) mass is 290 g/mol. The van der Waals surface area contributed by atoms with E-state index < -0.39 is 35.9 Å². The predicted octanol–water partition coefficient (Wildman–Crippen LogP) is -1.08. The van der Waals surface area contributed by atoms with Crippen molar-refractivity contribution in [3.63, 3.8) is 0 Å². The minimum atomic E-state index is -1.13. The van der Waals surface area contributed by atoms with E-state index in [1.807, 2.05) is 0 Å². The summed E-state index contributed by atoms with van der Waals surface area (Å²) >= 11 is 1.37. The summed E-state index contributed by atoms with van der Waals surface area (Å²) in [6.45, 7) is 2.97. The Morgan fingerprint density at radius 3 is 2.84 bits per heavy atom. The molecule has 0 aromatic carbocycles. The summed E-state index contributed by atoms with van der Waals surface area (Å²) in [5, 5.41) is 32.0. The lowest BCUT2D eigenvalue weighted by Crippen LogP contribution is -2.57. The summed E-state index contributed by atoms with van der Waals surface area (Å²) in [5.41, 5.74) is -0.391. The van der Waals surface area contributed by atoms with Crippen LogP contribution in [0.15, 0.2) is 4.99 Å². The minimum absolute atomic E-state index is 0.391. The molecule has 0 bridgehead atoms. The van der Waals surface area contributed by atoms with E-state index in [0.29, 0.717) is 11.8 Å². The first-order valence-corrected chi connectivity index (χ1v) is 7.30. The number of hydrogen-bond donors (Lipinski definition) is 3. The average molecular weight is 290 g/mol. The van der Waals surface area contributed by atoms with Gasteiger partial charge < -0.3 is 20.1 Å². The third-order valence-electron chi connectivity index (χ3n) is 3.53. The highest BCUT2D eigenvalue weighted by atomic mass is 32.2. The largest absolute Gasteiger partial charge is 0.391 e. The van der Waals surface area contributed by atoms with E-state index in [1.165, 1.54) is 18.7 Å². The fraction of sp³-hybridized carbons (Fsp3) is 0.909. The molecule has 0 spiro atoms. The van der Waals surface area contributed by atoms with E-state index in [9.17, 15) is 15.3 Å². The first-order chi connectivity index (χ1) is 9.08. The normalized spacial score (nSPS) is 44.1. The zero-order chi connectivity index (χ0) is 13.6. The van der Waals surface area contributed by atoms with Crippen LogP contribution in [0.1, 0.15) is 13.3 Å². The Morgan fingerprint density at radius 2 is 2.21 bits per heavy atom. The van der Waals surface area contributed by atoms with Gasteiger partial charge in [-0.05, 0) is 13.3 Å². The van der Waals surface area contributed by atoms with Crippen molar-refractivity contribution in [2.24, 2.45) is 4.99 Å². The number of aliphatic hydroxyl groups excluding tert-OH is 3. The number of aliphatic imine (C=N–C) groups is 1. The Morgan fingerprint density at radius 1 is 1.42 bits per heavy atom. The maximum Gasteiger partial charge on any atom is 0.186 e. The van der Waals surface area contributed by atoms with Crippen molar-refractivity contribution < 1.29 is 24.9 Å². The quantitative estimate of drug-likeness (QED) is 0.565. The van der Waals surface area contributed by atoms with Crippen molar-refractivity contribution in [3.8, 4) is 0 Å². The Kier molecular flexibility index (Phi) is 3.71. The fourth-order valence-electron chi connectivity index (χ4n) is 2.49. The van der Waals surface area contributed by atoms with Crippen LogP contribution >= 0.6 is 11.8 Å². The third kappa shape index (κ3) is 2.37. The molecule has 0 radical (unpaired) electrons. The Labute approximate surface area is 115 Å². The number of hydrogen-bond acceptors (Lipinski definition) is 8. The van der Waals surface area contributed by atoms with E-state index >= 15 is 0 Å². The number of fused-ring (bicyclic) bond motifs is 1. The Balaban J connectivity index is 1.75. The summed E-state index contributed by atoms with van der Waals surface area (Å²) in [6, 6.07) is -0.519. The molecule has 2 fully saturated rings. The molecule has 3 rings (SSSR count). The molecule has 3 heterocycles. The molecule has 0 saturated carbocycles. The highest BCUT2D eigenvalue weighted by Gasteiger charge is 2.50. The predicted molar refractivity (Wildman–Crippen MR) is 68.4 cm³/mol. The maximum absolute atomic E-state index is 10.1. The van der Waals surface area contributed by atoms with Gasteiger partial charge in [0.05, 0.1) is 19.3 Å². The van der Waals surface area contributed by atoms with Gasteiger partial charge in [-0.3, -0.25) is 9.83 Å². The van der Waals surface area contributed by atoms with Crippen molar-refractivity contribution in [2.45, 2.75) is 49.2 Å². The summed E-state index contributed by atoms with van der Waals surface area (Å²) in [5.74, 6) is 0. The van der Waals surface area contributed by atoms with E-state index in [1.54, 1.807) is 5.06 Å². The lowest BCUT2D eigenvalue weighted by atomic mass is 9.95. The van der Waals surface area contributed by atoms with Gasteiger partial charge in [0.25, 0.3) is 0 Å². The molecule has 19 heavy (non-hydrogen) atoms. The molecule has 3 aliphatic rings. The van der Waals surface area contributed by atoms with Crippen LogP contribution in [0, 0.1) is 0 Å². The van der Waals surface area contributed by atoms with Gasteiger partial charge in [-0.1, -0.05) is 11.8 Å². The number of ether oxygens (including phenoxy) is 1. The summed E-state index contributed by atoms with van der Waals surface area (Å²) in [4.78, 5) is 9.79. The minimum Gasteiger partial charge on any atom is -0.391 e. The molecule has 0 aliphatic carbocycles. The van der Waals surface area contributed by atoms with Crippen molar-refractivity contribution in [1.82, 2.24) is 5.06 Å². The second-order valence-corrected chi connectivity index (χ2v) is 6.07. The first-order valence-electron chi connectivity index (χ1n) is 6.42. The van der Waals surface area contributed by atoms with Crippen molar-refractivity contribution in [2.75, 3.05) is 13.2 Å². The maximum atomic E-state index is 10.1. The van der Waals surface area contributed by atoms with Gasteiger partial charge in [-0.25, -0.2) is 5.06 Å². The molecular weight excluding hydrogens is 272 g/mol. The molecule has 8 heteroatoms. The number of nitrogens with zero attached hydrogens (tertiary/aromatic N) is 2. The van der Waals surface area contributed by atoms with Gasteiger partial charge in [0.2, 0.25) is 0 Å². The third-order valence-corrected chi connectivity index (χ3v) is 4.67. The highest BCUT2D eigenvalue weighted by Crippen LogP contribution is 2.38. The number of rotatable bonds is 1. The molecule has 108 valence electrons. The van der Waals surface area contributed by atoms with Crippen LogP contribution in [0.4, 0.5) is 0 Å². The van der Waals surface area contributed by atoms with E-state index in [-0.39, 0.29) is 0 Å². The molecule has 6 atom stereocenters. The lowest BCUT2D eigenvalue weighted by molar-refractivity contribution is -0.181. The highest BCUT2D eigenvalue weighted by molar-refractivity contribution is 8.14. The average Bonchev–Trinajstić information content (AvgIpc) is 3.01. The van der Waals surface area contributed by atoms with Gasteiger partial charge in [0.1, 0.15) is 29.8 Å². The van der Waals surface area contributed by atoms with E-state index in [0.717, 1.165) is 13.0 Å². The van der Waals surface area contributed by atoms with Crippen LogP contribution < -0.4 is 0 Å². The van der Waals surface area contributed by atoms with Crippen molar-refractivity contribution >= 4 is 16.9 Å². The Bertz CT molecular complexity index is 374. The van der Waals surface area contributed by atoms with Crippen LogP contribution in [0.5, 0.6) is 0 Å². The zero-order valence-corrected chi connectivity index (χ0v) is 11.4. The second kappa shape index (κ2) is 5.19. The fourth-order valence-corrected chi connectivity index (χ4v) is 3.69. The van der Waals surface area contributed by atoms with Crippen LogP contribution in [0.3, 0.4) is 0 Å². The second-order valence-electron chi connectivity index (χ2n) is 5.00. The molecular formula is C11H18N2O5S. The molecule has 3 N–H and O–H groups in total. The molecule has 0 aromatic heterocycles. The molecule has 3 aliphatic heterocycles.